The zero-order chi connectivity index (χ0) is 24.0. The van der Waals surface area contributed by atoms with Crippen molar-refractivity contribution in [2.24, 2.45) is 0 Å². The maximum absolute atomic E-state index is 12.5. The Labute approximate surface area is 207 Å². The number of aryl methyl sites for hydroxylation is 2. The average molecular weight is 477 g/mol. The molecule has 0 aliphatic carbocycles. The number of hydrogen-bond acceptors (Lipinski definition) is 5. The summed E-state index contributed by atoms with van der Waals surface area (Å²) in [6.07, 6.45) is 10.4. The van der Waals surface area contributed by atoms with Gasteiger partial charge in [0.25, 0.3) is 0 Å². The predicted molar refractivity (Wildman–Crippen MR) is 143 cm³/mol. The molecule has 4 nitrogen and oxygen atoms in total. The Bertz CT molecular complexity index is 1120. The van der Waals surface area contributed by atoms with E-state index in [1.807, 2.05) is 20.8 Å². The van der Waals surface area contributed by atoms with Crippen molar-refractivity contribution in [2.75, 3.05) is 11.9 Å². The van der Waals surface area contributed by atoms with Gasteiger partial charge in [-0.05, 0) is 94.0 Å². The third-order valence-corrected chi connectivity index (χ3v) is 7.21. The van der Waals surface area contributed by atoms with Gasteiger partial charge in [-0.15, -0.1) is 11.3 Å². The molecule has 0 saturated heterocycles. The second kappa shape index (κ2) is 11.2. The van der Waals surface area contributed by atoms with Crippen LogP contribution >= 0.6 is 11.3 Å². The van der Waals surface area contributed by atoms with E-state index in [-0.39, 0.29) is 5.97 Å². The number of ether oxygens (including phenoxy) is 1. The van der Waals surface area contributed by atoms with Crippen LogP contribution in [0.25, 0.3) is 15.7 Å². The van der Waals surface area contributed by atoms with Crippen molar-refractivity contribution in [1.82, 2.24) is 4.98 Å². The first-order valence-corrected chi connectivity index (χ1v) is 13.3. The summed E-state index contributed by atoms with van der Waals surface area (Å²) in [4.78, 5) is 18.5. The van der Waals surface area contributed by atoms with Gasteiger partial charge in [-0.2, -0.15) is 0 Å². The SMILES string of the molecule is CC(C)(C)OC(=O)C=C(CCCCCCc1ccc2c(n1)NCCC2)c1cc2ccccc2s1. The third kappa shape index (κ3) is 6.92. The van der Waals surface area contributed by atoms with Crippen LogP contribution in [0.5, 0.6) is 0 Å². The first kappa shape index (κ1) is 24.5. The Hall–Kier alpha value is -2.66. The number of unbranched alkanes of at least 4 members (excludes halogenated alkanes) is 3. The monoisotopic (exact) mass is 476 g/mol. The van der Waals surface area contributed by atoms with Gasteiger partial charge < -0.3 is 10.1 Å². The summed E-state index contributed by atoms with van der Waals surface area (Å²) in [5.41, 5.74) is 3.13. The van der Waals surface area contributed by atoms with Crippen molar-refractivity contribution in [1.29, 1.82) is 0 Å². The van der Waals surface area contributed by atoms with Gasteiger partial charge in [0, 0.05) is 27.9 Å². The molecule has 0 bridgehead atoms. The van der Waals surface area contributed by atoms with Crippen LogP contribution in [0, 0.1) is 0 Å². The molecule has 0 unspecified atom stereocenters. The second-order valence-electron chi connectivity index (χ2n) is 10.1. The second-order valence-corrected chi connectivity index (χ2v) is 11.2. The number of carbonyl (C=O) groups excluding carboxylic acids is 1. The molecule has 0 spiro atoms. The fraction of sp³-hybridized carbons (Fsp3) is 0.448. The molecule has 0 atom stereocenters. The molecule has 1 N–H and O–H groups in total. The number of thiophene rings is 1. The summed E-state index contributed by atoms with van der Waals surface area (Å²) in [6.45, 7) is 6.75. The summed E-state index contributed by atoms with van der Waals surface area (Å²) in [7, 11) is 0. The molecule has 0 saturated carbocycles. The van der Waals surface area contributed by atoms with E-state index < -0.39 is 5.60 Å². The summed E-state index contributed by atoms with van der Waals surface area (Å²) in [5.74, 6) is 0.830. The highest BCUT2D eigenvalue weighted by Crippen LogP contribution is 2.33. The number of carbonyl (C=O) groups is 1. The van der Waals surface area contributed by atoms with Gasteiger partial charge in [-0.3, -0.25) is 0 Å². The number of rotatable bonds is 9. The molecule has 0 amide bonds. The Balaban J connectivity index is 1.32. The van der Waals surface area contributed by atoms with Crippen molar-refractivity contribution in [2.45, 2.75) is 77.7 Å². The average Bonchev–Trinajstić information content (AvgIpc) is 3.23. The zero-order valence-electron chi connectivity index (χ0n) is 20.7. The molecule has 1 aromatic carbocycles. The van der Waals surface area contributed by atoms with Crippen LogP contribution in [0.1, 0.15) is 75.4 Å². The van der Waals surface area contributed by atoms with Crippen LogP contribution in [0.15, 0.2) is 48.5 Å². The smallest absolute Gasteiger partial charge is 0.331 e. The molecule has 2 aromatic heterocycles. The molecule has 1 aliphatic rings. The lowest BCUT2D eigenvalue weighted by Gasteiger charge is -2.18. The Morgan fingerprint density at radius 1 is 1.12 bits per heavy atom. The van der Waals surface area contributed by atoms with Gasteiger partial charge >= 0.3 is 5.97 Å². The Kier molecular flexibility index (Phi) is 8.04. The van der Waals surface area contributed by atoms with E-state index >= 15 is 0 Å². The van der Waals surface area contributed by atoms with Crippen LogP contribution in [0.2, 0.25) is 0 Å². The first-order valence-electron chi connectivity index (χ1n) is 12.5. The molecule has 0 radical (unpaired) electrons. The van der Waals surface area contributed by atoms with Gasteiger partial charge in [-0.25, -0.2) is 9.78 Å². The molecule has 4 rings (SSSR count). The van der Waals surface area contributed by atoms with Crippen LogP contribution in [0.4, 0.5) is 5.82 Å². The van der Waals surface area contributed by atoms with E-state index in [1.165, 1.54) is 34.2 Å². The highest BCUT2D eigenvalue weighted by atomic mass is 32.1. The van der Waals surface area contributed by atoms with E-state index in [4.69, 9.17) is 9.72 Å². The minimum absolute atomic E-state index is 0.257. The van der Waals surface area contributed by atoms with Gasteiger partial charge in [0.15, 0.2) is 0 Å². The van der Waals surface area contributed by atoms with Gasteiger partial charge in [0.1, 0.15) is 11.4 Å². The van der Waals surface area contributed by atoms with Crippen molar-refractivity contribution in [3.63, 3.8) is 0 Å². The van der Waals surface area contributed by atoms with Crippen LogP contribution < -0.4 is 5.32 Å². The van der Waals surface area contributed by atoms with Crippen LogP contribution in [0.3, 0.4) is 0 Å². The number of anilines is 1. The van der Waals surface area contributed by atoms with E-state index in [1.54, 1.807) is 17.4 Å². The number of fused-ring (bicyclic) bond motifs is 2. The lowest BCUT2D eigenvalue weighted by atomic mass is 10.0. The predicted octanol–water partition coefficient (Wildman–Crippen LogP) is 7.57. The molecule has 180 valence electrons. The lowest BCUT2D eigenvalue weighted by molar-refractivity contribution is -0.148. The van der Waals surface area contributed by atoms with Crippen LogP contribution in [-0.4, -0.2) is 23.1 Å². The van der Waals surface area contributed by atoms with Crippen molar-refractivity contribution in [3.05, 3.63) is 64.7 Å². The standard InChI is InChI=1S/C29H36N2O2S/c1-29(2,3)33-27(32)20-23(26-19-22-12-8-9-15-25(22)34-26)11-6-4-5-7-14-24-17-16-21-13-10-18-30-28(21)31-24/h8-9,12,15-17,19-20H,4-7,10-11,13-14,18H2,1-3H3,(H,30,31). The van der Waals surface area contributed by atoms with E-state index in [0.29, 0.717) is 0 Å². The van der Waals surface area contributed by atoms with Crippen molar-refractivity contribution in [3.8, 4) is 0 Å². The minimum Gasteiger partial charge on any atom is -0.457 e. The number of allylic oxidation sites excluding steroid dienone is 1. The largest absolute Gasteiger partial charge is 0.457 e. The molecule has 0 fully saturated rings. The third-order valence-electron chi connectivity index (χ3n) is 6.02. The first-order chi connectivity index (χ1) is 16.4. The van der Waals surface area contributed by atoms with E-state index in [2.05, 4.69) is 47.8 Å². The fourth-order valence-corrected chi connectivity index (χ4v) is 5.47. The summed E-state index contributed by atoms with van der Waals surface area (Å²) >= 11 is 1.75. The van der Waals surface area contributed by atoms with Crippen molar-refractivity contribution < 1.29 is 9.53 Å². The maximum Gasteiger partial charge on any atom is 0.331 e. The molecule has 3 heterocycles. The number of benzene rings is 1. The topological polar surface area (TPSA) is 51.2 Å². The summed E-state index contributed by atoms with van der Waals surface area (Å²) in [5, 5.41) is 4.65. The number of pyridine rings is 1. The molecule has 3 aromatic rings. The number of nitrogens with one attached hydrogen (secondary N) is 1. The number of nitrogens with zero attached hydrogens (tertiary/aromatic N) is 1. The summed E-state index contributed by atoms with van der Waals surface area (Å²) < 4.78 is 6.82. The molecule has 5 heteroatoms. The summed E-state index contributed by atoms with van der Waals surface area (Å²) in [6, 6.07) is 15.0. The zero-order valence-corrected chi connectivity index (χ0v) is 21.5. The maximum atomic E-state index is 12.5. The Morgan fingerprint density at radius 2 is 1.94 bits per heavy atom. The van der Waals surface area contributed by atoms with Gasteiger partial charge in [0.2, 0.25) is 0 Å². The van der Waals surface area contributed by atoms with E-state index in [9.17, 15) is 4.79 Å². The quantitative estimate of drug-likeness (QED) is 0.196. The number of esters is 1. The van der Waals surface area contributed by atoms with Gasteiger partial charge in [-0.1, -0.05) is 37.1 Å². The molecule has 1 aliphatic heterocycles. The molecular formula is C29H36N2O2S. The highest BCUT2D eigenvalue weighted by Gasteiger charge is 2.16. The number of hydrogen-bond donors (Lipinski definition) is 1. The Morgan fingerprint density at radius 3 is 2.76 bits per heavy atom. The highest BCUT2D eigenvalue weighted by molar-refractivity contribution is 7.20. The van der Waals surface area contributed by atoms with Gasteiger partial charge in [0.05, 0.1) is 0 Å². The lowest BCUT2D eigenvalue weighted by Crippen LogP contribution is -2.22. The fourth-order valence-electron chi connectivity index (χ4n) is 4.36. The van der Waals surface area contributed by atoms with E-state index in [0.717, 1.165) is 61.3 Å². The minimum atomic E-state index is -0.487. The molecular weight excluding hydrogens is 440 g/mol. The van der Waals surface area contributed by atoms with Crippen LogP contribution in [-0.2, 0) is 22.4 Å². The number of aromatic nitrogens is 1. The molecule has 34 heavy (non-hydrogen) atoms. The van der Waals surface area contributed by atoms with Crippen molar-refractivity contribution >= 4 is 38.8 Å². The normalized spacial score (nSPS) is 14.0.